The smallest absolute Gasteiger partial charge is 0.313 e. The Morgan fingerprint density at radius 2 is 2.07 bits per heavy atom. The Balaban J connectivity index is 1.60. The van der Waals surface area contributed by atoms with E-state index < -0.39 is 17.8 Å². The van der Waals surface area contributed by atoms with Crippen LogP contribution >= 0.6 is 15.9 Å². The summed E-state index contributed by atoms with van der Waals surface area (Å²) in [5, 5.41) is 9.03. The first-order chi connectivity index (χ1) is 12.7. The van der Waals surface area contributed by atoms with Crippen LogP contribution in [0.4, 0.5) is 23.7 Å². The number of carbonyl (C=O) groups excluding carboxylic acids is 1. The SMILES string of the molecule is O=C(Nc1ccc(Br)c(C(F)(F)F)c1)N1C2CCC1c1n[nH]c(=O)cc1C2. The summed E-state index contributed by atoms with van der Waals surface area (Å²) in [4.78, 5) is 25.9. The number of nitrogens with one attached hydrogen (secondary N) is 2. The second-order valence-electron chi connectivity index (χ2n) is 6.62. The van der Waals surface area contributed by atoms with Gasteiger partial charge in [0.15, 0.2) is 0 Å². The Morgan fingerprint density at radius 3 is 2.81 bits per heavy atom. The largest absolute Gasteiger partial charge is 0.417 e. The van der Waals surface area contributed by atoms with Crippen molar-refractivity contribution in [3.05, 3.63) is 55.9 Å². The highest BCUT2D eigenvalue weighted by Crippen LogP contribution is 2.42. The minimum absolute atomic E-state index is 0.0650. The summed E-state index contributed by atoms with van der Waals surface area (Å²) in [5.74, 6) is 0. The minimum Gasteiger partial charge on any atom is -0.313 e. The van der Waals surface area contributed by atoms with E-state index in [2.05, 4.69) is 31.4 Å². The predicted octanol–water partition coefficient (Wildman–Crippen LogP) is 3.84. The van der Waals surface area contributed by atoms with Crippen molar-refractivity contribution in [3.8, 4) is 0 Å². The molecule has 0 radical (unpaired) electrons. The highest BCUT2D eigenvalue weighted by atomic mass is 79.9. The number of urea groups is 1. The van der Waals surface area contributed by atoms with E-state index in [-0.39, 0.29) is 27.8 Å². The molecule has 2 atom stereocenters. The van der Waals surface area contributed by atoms with Crippen molar-refractivity contribution in [2.24, 2.45) is 0 Å². The molecule has 0 spiro atoms. The van der Waals surface area contributed by atoms with Gasteiger partial charge < -0.3 is 10.2 Å². The molecule has 10 heteroatoms. The van der Waals surface area contributed by atoms with E-state index in [4.69, 9.17) is 0 Å². The summed E-state index contributed by atoms with van der Waals surface area (Å²) in [6, 6.07) is 4.18. The quantitative estimate of drug-likeness (QED) is 0.703. The lowest BCUT2D eigenvalue weighted by Gasteiger charge is -2.35. The fraction of sp³-hybridized carbons (Fsp3) is 0.353. The van der Waals surface area contributed by atoms with Crippen LogP contribution in [0.15, 0.2) is 33.5 Å². The molecule has 2 aliphatic heterocycles. The number of alkyl halides is 3. The third-order valence-corrected chi connectivity index (χ3v) is 5.64. The van der Waals surface area contributed by atoms with E-state index in [9.17, 15) is 22.8 Å². The lowest BCUT2D eigenvalue weighted by Crippen LogP contribution is -2.45. The van der Waals surface area contributed by atoms with Gasteiger partial charge in [-0.15, -0.1) is 0 Å². The monoisotopic (exact) mass is 442 g/mol. The van der Waals surface area contributed by atoms with Crippen LogP contribution in [0.2, 0.25) is 0 Å². The van der Waals surface area contributed by atoms with Crippen molar-refractivity contribution in [1.29, 1.82) is 0 Å². The lowest BCUT2D eigenvalue weighted by molar-refractivity contribution is -0.138. The van der Waals surface area contributed by atoms with Crippen LogP contribution < -0.4 is 10.9 Å². The highest BCUT2D eigenvalue weighted by molar-refractivity contribution is 9.10. The number of nitrogens with zero attached hydrogens (tertiary/aromatic N) is 2. The molecule has 2 aliphatic rings. The van der Waals surface area contributed by atoms with Gasteiger partial charge in [0.05, 0.1) is 17.3 Å². The normalized spacial score (nSPS) is 21.1. The molecule has 142 valence electrons. The molecule has 0 saturated carbocycles. The van der Waals surface area contributed by atoms with E-state index in [1.165, 1.54) is 18.2 Å². The van der Waals surface area contributed by atoms with E-state index in [0.29, 0.717) is 18.5 Å². The molecule has 2 aromatic rings. The summed E-state index contributed by atoms with van der Waals surface area (Å²) in [6.45, 7) is 0. The van der Waals surface area contributed by atoms with Gasteiger partial charge in [0.2, 0.25) is 0 Å². The van der Waals surface area contributed by atoms with Gasteiger partial charge in [0.25, 0.3) is 5.56 Å². The van der Waals surface area contributed by atoms with Crippen LogP contribution in [0.25, 0.3) is 0 Å². The van der Waals surface area contributed by atoms with E-state index in [1.807, 2.05) is 0 Å². The Kier molecular flexibility index (Phi) is 4.25. The van der Waals surface area contributed by atoms with Crippen molar-refractivity contribution in [2.75, 3.05) is 5.32 Å². The van der Waals surface area contributed by atoms with Gasteiger partial charge in [0.1, 0.15) is 0 Å². The fourth-order valence-corrected chi connectivity index (χ4v) is 4.30. The number of halogens is 4. The Morgan fingerprint density at radius 1 is 1.30 bits per heavy atom. The van der Waals surface area contributed by atoms with Crippen LogP contribution in [-0.4, -0.2) is 27.2 Å². The number of hydrogen-bond donors (Lipinski definition) is 2. The molecule has 1 saturated heterocycles. The summed E-state index contributed by atoms with van der Waals surface area (Å²) >= 11 is 2.88. The van der Waals surface area contributed by atoms with Gasteiger partial charge >= 0.3 is 12.2 Å². The summed E-state index contributed by atoms with van der Waals surface area (Å²) in [5.41, 5.74) is 0.380. The maximum absolute atomic E-state index is 13.1. The number of aromatic amines is 1. The van der Waals surface area contributed by atoms with Gasteiger partial charge in [0, 0.05) is 22.3 Å². The highest BCUT2D eigenvalue weighted by Gasteiger charge is 2.44. The first kappa shape index (κ1) is 18.0. The van der Waals surface area contributed by atoms with Crippen molar-refractivity contribution >= 4 is 27.6 Å². The van der Waals surface area contributed by atoms with Gasteiger partial charge in [-0.05, 0) is 43.0 Å². The van der Waals surface area contributed by atoms with Crippen LogP contribution in [0.3, 0.4) is 0 Å². The van der Waals surface area contributed by atoms with Crippen molar-refractivity contribution < 1.29 is 18.0 Å². The number of rotatable bonds is 1. The van der Waals surface area contributed by atoms with Crippen LogP contribution in [0, 0.1) is 0 Å². The number of H-pyrrole nitrogens is 1. The average Bonchev–Trinajstić information content (AvgIpc) is 2.91. The molecule has 3 heterocycles. The van der Waals surface area contributed by atoms with E-state index >= 15 is 0 Å². The first-order valence-electron chi connectivity index (χ1n) is 8.28. The molecular formula is C17H14BrF3N4O2. The van der Waals surface area contributed by atoms with E-state index in [1.54, 1.807) is 4.90 Å². The zero-order valence-corrected chi connectivity index (χ0v) is 15.4. The molecule has 2 amide bonds. The van der Waals surface area contributed by atoms with Crippen molar-refractivity contribution in [1.82, 2.24) is 15.1 Å². The first-order valence-corrected chi connectivity index (χ1v) is 9.08. The number of hydrogen-bond acceptors (Lipinski definition) is 3. The molecule has 2 bridgehead atoms. The Labute approximate surface area is 159 Å². The van der Waals surface area contributed by atoms with Crippen LogP contribution in [0.5, 0.6) is 0 Å². The zero-order chi connectivity index (χ0) is 19.3. The second-order valence-corrected chi connectivity index (χ2v) is 7.48. The molecule has 1 aromatic heterocycles. The molecule has 1 fully saturated rings. The van der Waals surface area contributed by atoms with Crippen LogP contribution in [-0.2, 0) is 12.6 Å². The fourth-order valence-electron chi connectivity index (χ4n) is 3.82. The van der Waals surface area contributed by atoms with Gasteiger partial charge in [-0.3, -0.25) is 4.79 Å². The molecular weight excluding hydrogens is 429 g/mol. The third kappa shape index (κ3) is 3.22. The lowest BCUT2D eigenvalue weighted by atomic mass is 9.99. The van der Waals surface area contributed by atoms with Crippen molar-refractivity contribution in [3.63, 3.8) is 0 Å². The molecule has 6 nitrogen and oxygen atoms in total. The number of aromatic nitrogens is 2. The predicted molar refractivity (Wildman–Crippen MR) is 94.3 cm³/mol. The van der Waals surface area contributed by atoms with Crippen molar-refractivity contribution in [2.45, 2.75) is 37.5 Å². The number of amides is 2. The number of anilines is 1. The van der Waals surface area contributed by atoms with Gasteiger partial charge in [-0.25, -0.2) is 9.89 Å². The average molecular weight is 443 g/mol. The van der Waals surface area contributed by atoms with Crippen LogP contribution in [0.1, 0.15) is 35.7 Å². The third-order valence-electron chi connectivity index (χ3n) is 4.95. The second kappa shape index (κ2) is 6.36. The Bertz CT molecular complexity index is 975. The number of fused-ring (bicyclic) bond motifs is 4. The molecule has 2 N–H and O–H groups in total. The molecule has 4 rings (SSSR count). The molecule has 2 unspecified atom stereocenters. The van der Waals surface area contributed by atoms with Gasteiger partial charge in [-0.2, -0.15) is 18.3 Å². The number of benzene rings is 1. The minimum atomic E-state index is -4.53. The Hall–Kier alpha value is -2.36. The summed E-state index contributed by atoms with van der Waals surface area (Å²) in [7, 11) is 0. The summed E-state index contributed by atoms with van der Waals surface area (Å²) in [6.07, 6.45) is -2.59. The van der Waals surface area contributed by atoms with E-state index in [0.717, 1.165) is 18.1 Å². The standard InChI is InChI=1S/C17H14BrF3N4O2/c18-12-3-1-9(7-11(12)17(19,20)21)22-16(27)25-10-2-4-13(25)15-8(5-10)6-14(26)23-24-15/h1,3,6-7,10,13H,2,4-5H2,(H,22,27)(H,23,26). The number of carbonyl (C=O) groups is 1. The van der Waals surface area contributed by atoms with Gasteiger partial charge in [-0.1, -0.05) is 15.9 Å². The zero-order valence-electron chi connectivity index (χ0n) is 13.8. The molecule has 27 heavy (non-hydrogen) atoms. The molecule has 1 aromatic carbocycles. The maximum Gasteiger partial charge on any atom is 0.417 e. The maximum atomic E-state index is 13.1. The summed E-state index contributed by atoms with van der Waals surface area (Å²) < 4.78 is 39.1. The molecule has 0 aliphatic carbocycles. The topological polar surface area (TPSA) is 78.1 Å².